The molecule has 4 aromatic rings. The van der Waals surface area contributed by atoms with Crippen LogP contribution in [-0.4, -0.2) is 29.1 Å². The SMILES string of the molecule is Cn1cc(-c2ccccc2)nc1C#Cc1nc2nc(C(F)(F)F)cc(=O)n2[nH]1. The molecular formula is C18H11F3N6O. The zero-order valence-electron chi connectivity index (χ0n) is 14.3. The Morgan fingerprint density at radius 3 is 2.54 bits per heavy atom. The Hall–Kier alpha value is -3.87. The van der Waals surface area contributed by atoms with E-state index in [1.54, 1.807) is 17.8 Å². The molecule has 0 radical (unpaired) electrons. The van der Waals surface area contributed by atoms with E-state index in [-0.39, 0.29) is 5.82 Å². The molecule has 0 aliphatic carbocycles. The monoisotopic (exact) mass is 384 g/mol. The van der Waals surface area contributed by atoms with Gasteiger partial charge in [-0.05, 0) is 11.8 Å². The molecule has 0 bridgehead atoms. The van der Waals surface area contributed by atoms with Gasteiger partial charge in [0.15, 0.2) is 11.5 Å². The first-order valence-corrected chi connectivity index (χ1v) is 7.99. The van der Waals surface area contributed by atoms with Gasteiger partial charge in [-0.15, -0.1) is 0 Å². The van der Waals surface area contributed by atoms with Crippen molar-refractivity contribution in [3.8, 4) is 23.1 Å². The van der Waals surface area contributed by atoms with Gasteiger partial charge in [-0.25, -0.2) is 9.97 Å². The molecule has 0 saturated carbocycles. The molecule has 3 heterocycles. The first kappa shape index (κ1) is 17.5. The molecule has 4 rings (SSSR count). The van der Waals surface area contributed by atoms with Crippen LogP contribution in [0, 0.1) is 11.8 Å². The average molecular weight is 384 g/mol. The van der Waals surface area contributed by atoms with Crippen LogP contribution >= 0.6 is 0 Å². The number of rotatable bonds is 1. The zero-order valence-corrected chi connectivity index (χ0v) is 14.3. The summed E-state index contributed by atoms with van der Waals surface area (Å²) in [6.45, 7) is 0. The van der Waals surface area contributed by atoms with E-state index in [0.29, 0.717) is 11.9 Å². The number of nitrogens with zero attached hydrogens (tertiary/aromatic N) is 5. The number of imidazole rings is 1. The Morgan fingerprint density at radius 1 is 1.07 bits per heavy atom. The number of halogens is 3. The van der Waals surface area contributed by atoms with Gasteiger partial charge in [0.05, 0.1) is 5.69 Å². The molecule has 140 valence electrons. The average Bonchev–Trinajstić information content (AvgIpc) is 3.23. The van der Waals surface area contributed by atoms with Crippen LogP contribution < -0.4 is 5.56 Å². The summed E-state index contributed by atoms with van der Waals surface area (Å²) in [5, 5.41) is 2.52. The van der Waals surface area contributed by atoms with Crippen LogP contribution in [0.5, 0.6) is 0 Å². The molecule has 28 heavy (non-hydrogen) atoms. The van der Waals surface area contributed by atoms with Gasteiger partial charge in [0.25, 0.3) is 11.3 Å². The second kappa shape index (κ2) is 6.38. The van der Waals surface area contributed by atoms with Gasteiger partial charge in [0, 0.05) is 24.9 Å². The summed E-state index contributed by atoms with van der Waals surface area (Å²) in [4.78, 5) is 23.5. The molecule has 1 N–H and O–H groups in total. The highest BCUT2D eigenvalue weighted by molar-refractivity contribution is 5.59. The first-order valence-electron chi connectivity index (χ1n) is 7.99. The number of alkyl halides is 3. The van der Waals surface area contributed by atoms with Gasteiger partial charge in [-0.2, -0.15) is 22.7 Å². The standard InChI is InChI=1S/C18H11F3N6O/c1-26-10-12(11-5-3-2-4-6-11)22-15(26)8-7-14-24-17-23-13(18(19,20)21)9-16(28)27(17)25-14/h2-6,9-10H,1H3,(H,23,24,25). The van der Waals surface area contributed by atoms with Crippen molar-refractivity contribution >= 4 is 5.78 Å². The smallest absolute Gasteiger partial charge is 0.327 e. The van der Waals surface area contributed by atoms with E-state index < -0.39 is 23.2 Å². The topological polar surface area (TPSA) is 80.9 Å². The van der Waals surface area contributed by atoms with Gasteiger partial charge in [0.1, 0.15) is 0 Å². The number of benzene rings is 1. The van der Waals surface area contributed by atoms with Crippen molar-refractivity contribution in [3.63, 3.8) is 0 Å². The van der Waals surface area contributed by atoms with Crippen molar-refractivity contribution < 1.29 is 13.2 Å². The number of H-pyrrole nitrogens is 1. The molecule has 0 aliphatic heterocycles. The summed E-state index contributed by atoms with van der Waals surface area (Å²) in [6.07, 6.45) is -2.93. The Labute approximate surface area is 155 Å². The largest absolute Gasteiger partial charge is 0.433 e. The van der Waals surface area contributed by atoms with E-state index in [2.05, 4.69) is 31.9 Å². The van der Waals surface area contributed by atoms with Crippen LogP contribution in [0.25, 0.3) is 17.0 Å². The number of hydrogen-bond acceptors (Lipinski definition) is 4. The number of fused-ring (bicyclic) bond motifs is 1. The molecule has 0 aliphatic rings. The van der Waals surface area contributed by atoms with Crippen molar-refractivity contribution in [3.05, 3.63) is 70.3 Å². The summed E-state index contributed by atoms with van der Waals surface area (Å²) in [6, 6.07) is 9.90. The lowest BCUT2D eigenvalue weighted by atomic mass is 10.2. The summed E-state index contributed by atoms with van der Waals surface area (Å²) in [7, 11) is 1.77. The van der Waals surface area contributed by atoms with E-state index in [0.717, 1.165) is 15.8 Å². The van der Waals surface area contributed by atoms with Crippen LogP contribution in [0.1, 0.15) is 17.3 Å². The Morgan fingerprint density at radius 2 is 1.82 bits per heavy atom. The van der Waals surface area contributed by atoms with Crippen molar-refractivity contribution in [2.45, 2.75) is 6.18 Å². The summed E-state index contributed by atoms with van der Waals surface area (Å²) < 4.78 is 40.8. The fourth-order valence-electron chi connectivity index (χ4n) is 2.53. The lowest BCUT2D eigenvalue weighted by Crippen LogP contribution is -2.20. The fourth-order valence-corrected chi connectivity index (χ4v) is 2.53. The lowest BCUT2D eigenvalue weighted by molar-refractivity contribution is -0.141. The second-order valence-electron chi connectivity index (χ2n) is 5.86. The minimum absolute atomic E-state index is 0.00631. The molecule has 0 spiro atoms. The normalized spacial score (nSPS) is 11.4. The van der Waals surface area contributed by atoms with Gasteiger partial charge in [0.2, 0.25) is 5.82 Å². The quantitative estimate of drug-likeness (QED) is 0.511. The predicted octanol–water partition coefficient (Wildman–Crippen LogP) is 2.24. The van der Waals surface area contributed by atoms with E-state index in [1.807, 2.05) is 30.3 Å². The maximum absolute atomic E-state index is 12.8. The maximum atomic E-state index is 12.8. The molecule has 0 unspecified atom stereocenters. The number of hydrogen-bond donors (Lipinski definition) is 1. The summed E-state index contributed by atoms with van der Waals surface area (Å²) >= 11 is 0. The summed E-state index contributed by atoms with van der Waals surface area (Å²) in [5.41, 5.74) is -0.587. The third-order valence-electron chi connectivity index (χ3n) is 3.86. The van der Waals surface area contributed by atoms with Crippen molar-refractivity contribution in [1.82, 2.24) is 29.1 Å². The second-order valence-corrected chi connectivity index (χ2v) is 5.86. The van der Waals surface area contributed by atoms with Crippen molar-refractivity contribution in [2.75, 3.05) is 0 Å². The first-order chi connectivity index (χ1) is 13.3. The van der Waals surface area contributed by atoms with Crippen LogP contribution in [0.3, 0.4) is 0 Å². The van der Waals surface area contributed by atoms with Crippen molar-refractivity contribution in [1.29, 1.82) is 0 Å². The molecule has 7 nitrogen and oxygen atoms in total. The minimum atomic E-state index is -4.74. The molecule has 10 heteroatoms. The number of aromatic nitrogens is 6. The van der Waals surface area contributed by atoms with Crippen LogP contribution in [0.2, 0.25) is 0 Å². The number of nitrogens with one attached hydrogen (secondary N) is 1. The van der Waals surface area contributed by atoms with Crippen LogP contribution in [0.4, 0.5) is 13.2 Å². The molecular weight excluding hydrogens is 373 g/mol. The highest BCUT2D eigenvalue weighted by atomic mass is 19.4. The summed E-state index contributed by atoms with van der Waals surface area (Å²) in [5.74, 6) is 5.46. The number of aryl methyl sites for hydroxylation is 1. The molecule has 1 aromatic carbocycles. The third kappa shape index (κ3) is 3.25. The maximum Gasteiger partial charge on any atom is 0.433 e. The Kier molecular flexibility index (Phi) is 4.00. The van der Waals surface area contributed by atoms with Gasteiger partial charge in [-0.1, -0.05) is 30.3 Å². The zero-order chi connectivity index (χ0) is 19.9. The van der Waals surface area contributed by atoms with Gasteiger partial charge in [-0.3, -0.25) is 9.89 Å². The Bertz CT molecular complexity index is 1290. The molecule has 0 atom stereocenters. The predicted molar refractivity (Wildman–Crippen MR) is 93.2 cm³/mol. The van der Waals surface area contributed by atoms with Crippen LogP contribution in [0.15, 0.2) is 47.4 Å². The highest BCUT2D eigenvalue weighted by Gasteiger charge is 2.33. The lowest BCUT2D eigenvalue weighted by Gasteiger charge is -2.03. The molecule has 0 fully saturated rings. The molecule has 3 aromatic heterocycles. The molecule has 0 saturated heterocycles. The van der Waals surface area contributed by atoms with E-state index in [1.165, 1.54) is 0 Å². The van der Waals surface area contributed by atoms with E-state index in [9.17, 15) is 18.0 Å². The van der Waals surface area contributed by atoms with E-state index >= 15 is 0 Å². The molecule has 0 amide bonds. The Balaban J connectivity index is 1.70. The van der Waals surface area contributed by atoms with Crippen LogP contribution in [-0.2, 0) is 13.2 Å². The minimum Gasteiger partial charge on any atom is -0.327 e. The van der Waals surface area contributed by atoms with Crippen molar-refractivity contribution in [2.24, 2.45) is 7.05 Å². The fraction of sp³-hybridized carbons (Fsp3) is 0.111. The highest BCUT2D eigenvalue weighted by Crippen LogP contribution is 2.26. The number of aromatic amines is 1. The van der Waals surface area contributed by atoms with Gasteiger partial charge >= 0.3 is 6.18 Å². The van der Waals surface area contributed by atoms with E-state index in [4.69, 9.17) is 0 Å². The van der Waals surface area contributed by atoms with Gasteiger partial charge < -0.3 is 4.57 Å². The third-order valence-corrected chi connectivity index (χ3v) is 3.86.